The second-order valence-electron chi connectivity index (χ2n) is 4.57. The Labute approximate surface area is 121 Å². The quantitative estimate of drug-likeness (QED) is 0.833. The molecule has 0 spiro atoms. The molecule has 1 aromatic carbocycles. The van der Waals surface area contributed by atoms with Crippen molar-refractivity contribution < 1.29 is 19.4 Å². The molecule has 1 aromatic rings. The Morgan fingerprint density at radius 1 is 1.50 bits per heavy atom. The Morgan fingerprint density at radius 2 is 2.30 bits per heavy atom. The van der Waals surface area contributed by atoms with E-state index < -0.39 is 12.0 Å². The molecule has 0 saturated heterocycles. The molecule has 0 fully saturated rings. The van der Waals surface area contributed by atoms with Gasteiger partial charge in [-0.2, -0.15) is 11.8 Å². The van der Waals surface area contributed by atoms with Crippen LogP contribution in [0.3, 0.4) is 0 Å². The van der Waals surface area contributed by atoms with Crippen molar-refractivity contribution >= 4 is 23.6 Å². The van der Waals surface area contributed by atoms with Crippen LogP contribution < -0.4 is 10.1 Å². The van der Waals surface area contributed by atoms with Crippen molar-refractivity contribution in [2.24, 2.45) is 0 Å². The number of amides is 1. The summed E-state index contributed by atoms with van der Waals surface area (Å²) in [6, 6.07) is 4.34. The van der Waals surface area contributed by atoms with Gasteiger partial charge >= 0.3 is 5.97 Å². The van der Waals surface area contributed by atoms with Crippen LogP contribution in [0.2, 0.25) is 0 Å². The van der Waals surface area contributed by atoms with Crippen molar-refractivity contribution in [3.63, 3.8) is 0 Å². The third kappa shape index (κ3) is 3.45. The zero-order valence-corrected chi connectivity index (χ0v) is 12.0. The summed E-state index contributed by atoms with van der Waals surface area (Å²) in [6.07, 6.45) is 3.10. The van der Waals surface area contributed by atoms with Crippen LogP contribution in [-0.4, -0.2) is 41.6 Å². The van der Waals surface area contributed by atoms with Crippen LogP contribution in [0.4, 0.5) is 0 Å². The Bertz CT molecular complexity index is 518. The lowest BCUT2D eigenvalue weighted by Gasteiger charge is -2.14. The molecule has 1 amide bonds. The minimum Gasteiger partial charge on any atom is -0.493 e. The normalized spacial score (nSPS) is 14.2. The molecule has 0 radical (unpaired) electrons. The van der Waals surface area contributed by atoms with E-state index in [9.17, 15) is 9.59 Å². The van der Waals surface area contributed by atoms with E-state index in [1.54, 1.807) is 30.0 Å². The smallest absolute Gasteiger partial charge is 0.326 e. The highest BCUT2D eigenvalue weighted by Gasteiger charge is 2.21. The average Bonchev–Trinajstić information content (AvgIpc) is 2.90. The predicted octanol–water partition coefficient (Wildman–Crippen LogP) is 1.56. The highest BCUT2D eigenvalue weighted by molar-refractivity contribution is 7.98. The lowest BCUT2D eigenvalue weighted by molar-refractivity contribution is -0.139. The first-order valence-electron chi connectivity index (χ1n) is 6.40. The highest BCUT2D eigenvalue weighted by atomic mass is 32.2. The van der Waals surface area contributed by atoms with Crippen LogP contribution in [0.25, 0.3) is 0 Å². The number of carbonyl (C=O) groups is 2. The van der Waals surface area contributed by atoms with Gasteiger partial charge in [-0.15, -0.1) is 0 Å². The largest absolute Gasteiger partial charge is 0.493 e. The van der Waals surface area contributed by atoms with Crippen LogP contribution in [-0.2, 0) is 11.2 Å². The van der Waals surface area contributed by atoms with Crippen molar-refractivity contribution in [1.29, 1.82) is 0 Å². The van der Waals surface area contributed by atoms with Gasteiger partial charge in [0.25, 0.3) is 5.91 Å². The Hall–Kier alpha value is -1.69. The van der Waals surface area contributed by atoms with E-state index in [1.807, 2.05) is 6.26 Å². The van der Waals surface area contributed by atoms with E-state index in [2.05, 4.69) is 5.32 Å². The topological polar surface area (TPSA) is 75.6 Å². The molecule has 2 rings (SSSR count). The Morgan fingerprint density at radius 3 is 3.00 bits per heavy atom. The number of aliphatic carboxylic acids is 1. The number of benzene rings is 1. The van der Waals surface area contributed by atoms with Gasteiger partial charge in [-0.3, -0.25) is 4.79 Å². The number of fused-ring (bicyclic) bond motifs is 1. The van der Waals surface area contributed by atoms with Gasteiger partial charge in [0.05, 0.1) is 6.61 Å². The minimum atomic E-state index is -1.00. The summed E-state index contributed by atoms with van der Waals surface area (Å²) in [6.45, 7) is 0.631. The number of thioether (sulfide) groups is 1. The van der Waals surface area contributed by atoms with Gasteiger partial charge in [0.2, 0.25) is 0 Å². The summed E-state index contributed by atoms with van der Waals surface area (Å²) < 4.78 is 5.38. The molecular formula is C14H17NO4S. The summed E-state index contributed by atoms with van der Waals surface area (Å²) >= 11 is 1.56. The summed E-state index contributed by atoms with van der Waals surface area (Å²) in [5.41, 5.74) is 1.47. The molecule has 0 bridgehead atoms. The molecule has 1 heterocycles. The molecule has 0 saturated carbocycles. The second-order valence-corrected chi connectivity index (χ2v) is 5.55. The molecule has 0 aromatic heterocycles. The molecule has 6 heteroatoms. The predicted molar refractivity (Wildman–Crippen MR) is 77.5 cm³/mol. The number of ether oxygens (including phenoxy) is 1. The van der Waals surface area contributed by atoms with Gasteiger partial charge in [0.1, 0.15) is 11.8 Å². The van der Waals surface area contributed by atoms with E-state index in [0.29, 0.717) is 24.3 Å². The SMILES string of the molecule is CSCC[C@H](NC(=O)c1ccc2c(c1)CCO2)C(=O)O. The number of hydrogen-bond acceptors (Lipinski definition) is 4. The number of carbonyl (C=O) groups excluding carboxylic acids is 1. The number of hydrogen-bond donors (Lipinski definition) is 2. The van der Waals surface area contributed by atoms with Gasteiger partial charge < -0.3 is 15.2 Å². The van der Waals surface area contributed by atoms with Crippen LogP contribution in [0.1, 0.15) is 22.3 Å². The van der Waals surface area contributed by atoms with E-state index in [1.165, 1.54) is 0 Å². The number of carboxylic acid groups (broad SMARTS) is 1. The molecule has 2 N–H and O–H groups in total. The van der Waals surface area contributed by atoms with E-state index in [0.717, 1.165) is 17.7 Å². The van der Waals surface area contributed by atoms with Crippen LogP contribution in [0.15, 0.2) is 18.2 Å². The molecule has 1 aliphatic heterocycles. The summed E-state index contributed by atoms with van der Waals surface area (Å²) in [5, 5.41) is 11.7. The molecule has 20 heavy (non-hydrogen) atoms. The first-order valence-corrected chi connectivity index (χ1v) is 7.79. The summed E-state index contributed by atoms with van der Waals surface area (Å²) in [5.74, 6) is 0.138. The maximum absolute atomic E-state index is 12.1. The van der Waals surface area contributed by atoms with Crippen molar-refractivity contribution in [3.05, 3.63) is 29.3 Å². The number of nitrogens with one attached hydrogen (secondary N) is 1. The molecule has 0 aliphatic carbocycles. The Kier molecular flexibility index (Phi) is 4.89. The third-order valence-corrected chi connectivity index (χ3v) is 3.81. The lowest BCUT2D eigenvalue weighted by Crippen LogP contribution is -2.41. The standard InChI is InChI=1S/C14H17NO4S/c1-20-7-5-11(14(17)18)15-13(16)10-2-3-12-9(8-10)4-6-19-12/h2-3,8,11H,4-7H2,1H3,(H,15,16)(H,17,18)/t11-/m0/s1. The lowest BCUT2D eigenvalue weighted by atomic mass is 10.1. The zero-order valence-electron chi connectivity index (χ0n) is 11.2. The summed E-state index contributed by atoms with van der Waals surface area (Å²) in [7, 11) is 0. The van der Waals surface area contributed by atoms with Crippen molar-refractivity contribution in [3.8, 4) is 5.75 Å². The van der Waals surface area contributed by atoms with E-state index >= 15 is 0 Å². The second kappa shape index (κ2) is 6.65. The first-order chi connectivity index (χ1) is 9.61. The molecule has 1 aliphatic rings. The third-order valence-electron chi connectivity index (χ3n) is 3.17. The van der Waals surface area contributed by atoms with Gasteiger partial charge in [-0.05, 0) is 42.2 Å². The van der Waals surface area contributed by atoms with Crippen LogP contribution in [0, 0.1) is 0 Å². The van der Waals surface area contributed by atoms with Gasteiger partial charge in [0.15, 0.2) is 0 Å². The monoisotopic (exact) mass is 295 g/mol. The Balaban J connectivity index is 2.04. The molecule has 1 atom stereocenters. The minimum absolute atomic E-state index is 0.354. The van der Waals surface area contributed by atoms with E-state index in [4.69, 9.17) is 9.84 Å². The van der Waals surface area contributed by atoms with Crippen molar-refractivity contribution in [2.75, 3.05) is 18.6 Å². The van der Waals surface area contributed by atoms with Crippen molar-refractivity contribution in [2.45, 2.75) is 18.9 Å². The van der Waals surface area contributed by atoms with Crippen LogP contribution >= 0.6 is 11.8 Å². The molecule has 5 nitrogen and oxygen atoms in total. The number of rotatable bonds is 6. The number of carboxylic acids is 1. The van der Waals surface area contributed by atoms with Gasteiger partial charge in [0, 0.05) is 12.0 Å². The van der Waals surface area contributed by atoms with Crippen molar-refractivity contribution in [1.82, 2.24) is 5.32 Å². The van der Waals surface area contributed by atoms with Gasteiger partial charge in [-0.25, -0.2) is 4.79 Å². The molecular weight excluding hydrogens is 278 g/mol. The maximum atomic E-state index is 12.1. The summed E-state index contributed by atoms with van der Waals surface area (Å²) in [4.78, 5) is 23.2. The maximum Gasteiger partial charge on any atom is 0.326 e. The molecule has 0 unspecified atom stereocenters. The highest BCUT2D eigenvalue weighted by Crippen LogP contribution is 2.25. The zero-order chi connectivity index (χ0) is 14.5. The molecule has 108 valence electrons. The fourth-order valence-electron chi connectivity index (χ4n) is 2.06. The van der Waals surface area contributed by atoms with Crippen LogP contribution in [0.5, 0.6) is 5.75 Å². The average molecular weight is 295 g/mol. The fraction of sp³-hybridized carbons (Fsp3) is 0.429. The van der Waals surface area contributed by atoms with E-state index in [-0.39, 0.29) is 5.91 Å². The fourth-order valence-corrected chi connectivity index (χ4v) is 2.53. The first kappa shape index (κ1) is 14.7. The van der Waals surface area contributed by atoms with Gasteiger partial charge in [-0.1, -0.05) is 0 Å².